The van der Waals surface area contributed by atoms with Crippen LogP contribution in [0.3, 0.4) is 0 Å². The maximum Gasteiger partial charge on any atom is 0.315 e. The number of hydrogen-bond acceptors (Lipinski definition) is 3. The second-order valence-corrected chi connectivity index (χ2v) is 10.5. The average molecular weight is 365 g/mol. The number of epoxide rings is 1. The number of carbonyl (C=O) groups excluding carboxylic acids is 1. The number of ether oxygens (including phenoxy) is 2. The van der Waals surface area contributed by atoms with E-state index >= 15 is 0 Å². The van der Waals surface area contributed by atoms with E-state index in [-0.39, 0.29) is 29.2 Å². The quantitative estimate of drug-likeness (QED) is 0.312. The highest BCUT2D eigenvalue weighted by molar-refractivity contribution is 5.77. The molecule has 0 bridgehead atoms. The summed E-state index contributed by atoms with van der Waals surface area (Å²) < 4.78 is 13.5. The number of esters is 1. The first-order valence-electron chi connectivity index (χ1n) is 11.0. The summed E-state index contributed by atoms with van der Waals surface area (Å²) >= 11 is 0. The van der Waals surface area contributed by atoms with Crippen molar-refractivity contribution >= 4 is 5.97 Å². The van der Waals surface area contributed by atoms with Crippen molar-refractivity contribution in [3.63, 3.8) is 0 Å². The molecule has 4 nitrogen and oxygen atoms in total. The minimum absolute atomic E-state index is 0.0352. The van der Waals surface area contributed by atoms with Gasteiger partial charge >= 0.3 is 5.97 Å². The molecule has 4 aliphatic rings. The van der Waals surface area contributed by atoms with Crippen LogP contribution in [0.15, 0.2) is 0 Å². The first-order valence-corrected chi connectivity index (χ1v) is 11.0. The van der Waals surface area contributed by atoms with Gasteiger partial charge in [-0.15, -0.1) is 0 Å². The summed E-state index contributed by atoms with van der Waals surface area (Å²) in [5.41, 5.74) is -0.359. The van der Waals surface area contributed by atoms with Gasteiger partial charge in [-0.25, -0.2) is 0 Å². The molecule has 4 fully saturated rings. The first-order chi connectivity index (χ1) is 12.2. The summed E-state index contributed by atoms with van der Waals surface area (Å²) in [6, 6.07) is 0. The van der Waals surface area contributed by atoms with Gasteiger partial charge in [-0.1, -0.05) is 20.3 Å². The van der Waals surface area contributed by atoms with Crippen molar-refractivity contribution in [1.82, 2.24) is 0 Å². The molecule has 26 heavy (non-hydrogen) atoms. The lowest BCUT2D eigenvalue weighted by Crippen LogP contribution is -2.59. The lowest BCUT2D eigenvalue weighted by atomic mass is 9.55. The van der Waals surface area contributed by atoms with Gasteiger partial charge in [-0.2, -0.15) is 0 Å². The van der Waals surface area contributed by atoms with Crippen LogP contribution in [0.1, 0.15) is 65.7 Å². The fourth-order valence-corrected chi connectivity index (χ4v) is 6.67. The molecule has 4 heteroatoms. The zero-order chi connectivity index (χ0) is 18.7. The first kappa shape index (κ1) is 18.7. The number of quaternary nitrogens is 1. The molecule has 7 atom stereocenters. The predicted molar refractivity (Wildman–Crippen MR) is 102 cm³/mol. The Labute approximate surface area is 159 Å². The van der Waals surface area contributed by atoms with Crippen molar-refractivity contribution in [2.45, 2.75) is 83.0 Å². The summed E-state index contributed by atoms with van der Waals surface area (Å²) in [5, 5.41) is 0. The van der Waals surface area contributed by atoms with Crippen LogP contribution in [0.5, 0.6) is 0 Å². The van der Waals surface area contributed by atoms with Gasteiger partial charge in [-0.05, 0) is 51.4 Å². The smallest absolute Gasteiger partial charge is 0.315 e. The van der Waals surface area contributed by atoms with E-state index in [1.807, 2.05) is 0 Å². The molecule has 0 aromatic rings. The van der Waals surface area contributed by atoms with Gasteiger partial charge in [-0.3, -0.25) is 4.79 Å². The minimum atomic E-state index is -0.324. The second-order valence-electron chi connectivity index (χ2n) is 10.5. The molecular weight excluding hydrogens is 326 g/mol. The van der Waals surface area contributed by atoms with Crippen LogP contribution in [-0.2, 0) is 14.3 Å². The van der Waals surface area contributed by atoms with Crippen molar-refractivity contribution < 1.29 is 18.8 Å². The van der Waals surface area contributed by atoms with Gasteiger partial charge in [0, 0.05) is 11.8 Å². The molecule has 4 rings (SSSR count). The maximum atomic E-state index is 13.1. The Morgan fingerprint density at radius 3 is 2.65 bits per heavy atom. The summed E-state index contributed by atoms with van der Waals surface area (Å²) in [6.45, 7) is 8.90. The normalized spacial score (nSPS) is 47.0. The van der Waals surface area contributed by atoms with E-state index in [0.29, 0.717) is 17.8 Å². The molecule has 0 radical (unpaired) electrons. The van der Waals surface area contributed by atoms with Crippen molar-refractivity contribution in [2.75, 3.05) is 27.2 Å². The van der Waals surface area contributed by atoms with Crippen molar-refractivity contribution in [3.05, 3.63) is 0 Å². The van der Waals surface area contributed by atoms with Crippen LogP contribution < -0.4 is 0 Å². The largest absolute Gasteiger partial charge is 0.455 e. The van der Waals surface area contributed by atoms with Gasteiger partial charge in [0.1, 0.15) is 17.6 Å². The van der Waals surface area contributed by atoms with Crippen molar-refractivity contribution in [3.8, 4) is 0 Å². The van der Waals surface area contributed by atoms with Crippen molar-refractivity contribution in [2.24, 2.45) is 23.7 Å². The Morgan fingerprint density at radius 2 is 1.92 bits per heavy atom. The van der Waals surface area contributed by atoms with E-state index in [4.69, 9.17) is 9.47 Å². The molecule has 0 amide bonds. The predicted octanol–water partition coefficient (Wildman–Crippen LogP) is 3.78. The van der Waals surface area contributed by atoms with Gasteiger partial charge in [0.2, 0.25) is 0 Å². The average Bonchev–Trinajstić information content (AvgIpc) is 3.19. The topological polar surface area (TPSA) is 38.8 Å². The van der Waals surface area contributed by atoms with E-state index in [1.54, 1.807) is 0 Å². The van der Waals surface area contributed by atoms with Crippen LogP contribution in [0.4, 0.5) is 0 Å². The standard InChI is InChI=1S/C22H38NO3/c1-6-7-8-13-23(4,5)14-16-18-10-9-15(2)17-11-12-21(3)20(26-21)22(17,18)25-19(16)24/h15-18,20H,6-14H2,1-5H3/q+1/t15-,16-,17-,18-,20-,21-,22-/m1/s1. The van der Waals surface area contributed by atoms with Crippen LogP contribution in [0.25, 0.3) is 0 Å². The fraction of sp³-hybridized carbons (Fsp3) is 0.955. The SMILES string of the molecule is CCCCC[N+](C)(C)C[C@H]1C(=O)O[C@@]23[C@H](CC[C@@]4(C)O[C@@H]24)[C@H](C)CC[C@H]13. The minimum Gasteiger partial charge on any atom is -0.455 e. The fourth-order valence-electron chi connectivity index (χ4n) is 6.67. The molecule has 2 heterocycles. The van der Waals surface area contributed by atoms with Crippen LogP contribution in [0, 0.1) is 23.7 Å². The van der Waals surface area contributed by atoms with E-state index in [2.05, 4.69) is 34.9 Å². The maximum absolute atomic E-state index is 13.1. The van der Waals surface area contributed by atoms with Gasteiger partial charge in [0.15, 0.2) is 0 Å². The summed E-state index contributed by atoms with van der Waals surface area (Å²) in [5.74, 6) is 1.60. The highest BCUT2D eigenvalue weighted by Gasteiger charge is 2.77. The Hall–Kier alpha value is -0.610. The molecule has 0 unspecified atom stereocenters. The summed E-state index contributed by atoms with van der Waals surface area (Å²) in [6.07, 6.45) is 8.54. The zero-order valence-electron chi connectivity index (χ0n) is 17.4. The van der Waals surface area contributed by atoms with Crippen LogP contribution >= 0.6 is 0 Å². The van der Waals surface area contributed by atoms with E-state index in [1.165, 1.54) is 25.7 Å². The number of fused-ring (bicyclic) bond motifs is 1. The highest BCUT2D eigenvalue weighted by atomic mass is 16.7. The number of unbranched alkanes of at least 4 members (excludes halogenated alkanes) is 2. The number of rotatable bonds is 6. The van der Waals surface area contributed by atoms with Crippen LogP contribution in [-0.4, -0.2) is 54.9 Å². The van der Waals surface area contributed by atoms with Crippen molar-refractivity contribution in [1.29, 1.82) is 0 Å². The molecule has 2 aliphatic heterocycles. The van der Waals surface area contributed by atoms with E-state index < -0.39 is 0 Å². The highest BCUT2D eigenvalue weighted by Crippen LogP contribution is 2.66. The van der Waals surface area contributed by atoms with E-state index in [0.717, 1.165) is 36.8 Å². The molecule has 0 aromatic heterocycles. The second kappa shape index (κ2) is 6.20. The molecule has 0 N–H and O–H groups in total. The van der Waals surface area contributed by atoms with Crippen LogP contribution in [0.2, 0.25) is 0 Å². The van der Waals surface area contributed by atoms with Gasteiger partial charge < -0.3 is 14.0 Å². The Kier molecular flexibility index (Phi) is 4.47. The monoisotopic (exact) mass is 364 g/mol. The zero-order valence-corrected chi connectivity index (χ0v) is 17.4. The Balaban J connectivity index is 1.57. The van der Waals surface area contributed by atoms with Gasteiger partial charge in [0.25, 0.3) is 0 Å². The lowest BCUT2D eigenvalue weighted by Gasteiger charge is -2.50. The molecular formula is C22H38NO3+. The van der Waals surface area contributed by atoms with E-state index in [9.17, 15) is 4.79 Å². The third-order valence-corrected chi connectivity index (χ3v) is 8.15. The molecule has 148 valence electrons. The number of nitrogens with zero attached hydrogens (tertiary/aromatic N) is 1. The Morgan fingerprint density at radius 1 is 1.15 bits per heavy atom. The third kappa shape index (κ3) is 2.74. The Bertz CT molecular complexity index is 576. The number of hydrogen-bond donors (Lipinski definition) is 0. The molecule has 1 spiro atoms. The third-order valence-electron chi connectivity index (χ3n) is 8.15. The summed E-state index contributed by atoms with van der Waals surface area (Å²) in [7, 11) is 4.57. The molecule has 2 aliphatic carbocycles. The molecule has 2 saturated carbocycles. The lowest BCUT2D eigenvalue weighted by molar-refractivity contribution is -0.893. The molecule has 0 aromatic carbocycles. The molecule has 2 saturated heterocycles. The van der Waals surface area contributed by atoms with Gasteiger partial charge in [0.05, 0.1) is 32.8 Å². The summed E-state index contributed by atoms with van der Waals surface area (Å²) in [4.78, 5) is 13.1. The number of carbonyl (C=O) groups is 1.